The van der Waals surface area contributed by atoms with Crippen LogP contribution in [-0.2, 0) is 4.74 Å². The van der Waals surface area contributed by atoms with E-state index < -0.39 is 0 Å². The van der Waals surface area contributed by atoms with E-state index in [1.807, 2.05) is 4.90 Å². The van der Waals surface area contributed by atoms with Crippen LogP contribution in [0.25, 0.3) is 0 Å². The summed E-state index contributed by atoms with van der Waals surface area (Å²) in [5.74, 6) is 0.154. The number of halogens is 1. The van der Waals surface area contributed by atoms with Crippen LogP contribution in [0.3, 0.4) is 0 Å². The fourth-order valence-electron chi connectivity index (χ4n) is 3.71. The molecule has 24 heavy (non-hydrogen) atoms. The first-order chi connectivity index (χ1) is 11.8. The summed E-state index contributed by atoms with van der Waals surface area (Å²) in [5, 5.41) is 9.10. The number of aromatic nitrogens is 3. The Kier molecular flexibility index (Phi) is 4.32. The maximum Gasteiger partial charge on any atom is 0.208 e. The van der Waals surface area contributed by atoms with Crippen LogP contribution >= 0.6 is 11.3 Å². The maximum absolute atomic E-state index is 14.2. The summed E-state index contributed by atoms with van der Waals surface area (Å²) in [5.41, 5.74) is 1.72. The van der Waals surface area contributed by atoms with E-state index in [1.165, 1.54) is 6.07 Å². The summed E-state index contributed by atoms with van der Waals surface area (Å²) in [6, 6.07) is 3.09. The molecule has 1 spiro atoms. The van der Waals surface area contributed by atoms with E-state index in [0.29, 0.717) is 25.6 Å². The molecule has 6 nitrogen and oxygen atoms in total. The molecule has 0 radical (unpaired) electrons. The molecular weight excluding hydrogens is 329 g/mol. The van der Waals surface area contributed by atoms with Gasteiger partial charge in [-0.2, -0.15) is 0 Å². The second-order valence-corrected chi connectivity index (χ2v) is 7.34. The molecule has 2 aromatic rings. The summed E-state index contributed by atoms with van der Waals surface area (Å²) >= 11 is 1.56. The SMILES string of the molecule is Fc1cccnc1N1CCOC[C@]2(CCCN(c3nncs3)C2)C1. The van der Waals surface area contributed by atoms with Gasteiger partial charge in [-0.05, 0) is 25.0 Å². The topological polar surface area (TPSA) is 54.4 Å². The minimum absolute atomic E-state index is 0.0373. The molecule has 4 rings (SSSR count). The second-order valence-electron chi connectivity index (χ2n) is 6.53. The number of piperidine rings is 1. The van der Waals surface area contributed by atoms with Crippen molar-refractivity contribution in [2.75, 3.05) is 49.2 Å². The highest BCUT2D eigenvalue weighted by molar-refractivity contribution is 7.13. The highest BCUT2D eigenvalue weighted by Crippen LogP contribution is 2.36. The van der Waals surface area contributed by atoms with Gasteiger partial charge in [-0.3, -0.25) is 0 Å². The van der Waals surface area contributed by atoms with Crippen molar-refractivity contribution in [3.05, 3.63) is 29.7 Å². The summed E-state index contributed by atoms with van der Waals surface area (Å²) in [6.07, 6.45) is 3.78. The van der Waals surface area contributed by atoms with Crippen molar-refractivity contribution >= 4 is 22.3 Å². The van der Waals surface area contributed by atoms with Crippen LogP contribution in [0.5, 0.6) is 0 Å². The van der Waals surface area contributed by atoms with Crippen molar-refractivity contribution in [3.63, 3.8) is 0 Å². The van der Waals surface area contributed by atoms with Gasteiger partial charge >= 0.3 is 0 Å². The van der Waals surface area contributed by atoms with Gasteiger partial charge in [0.2, 0.25) is 5.13 Å². The number of ether oxygens (including phenoxy) is 1. The zero-order chi connectivity index (χ0) is 16.4. The number of nitrogens with zero attached hydrogens (tertiary/aromatic N) is 5. The second kappa shape index (κ2) is 6.60. The largest absolute Gasteiger partial charge is 0.379 e. The lowest BCUT2D eigenvalue weighted by Crippen LogP contribution is -2.51. The number of anilines is 2. The van der Waals surface area contributed by atoms with Crippen LogP contribution in [0.1, 0.15) is 12.8 Å². The quantitative estimate of drug-likeness (QED) is 0.828. The molecule has 2 saturated heterocycles. The third-order valence-corrected chi connectivity index (χ3v) is 5.51. The Morgan fingerprint density at radius 1 is 1.25 bits per heavy atom. The predicted molar refractivity (Wildman–Crippen MR) is 91.0 cm³/mol. The Balaban J connectivity index is 1.58. The van der Waals surface area contributed by atoms with Crippen LogP contribution in [-0.4, -0.2) is 54.6 Å². The standard InChI is InChI=1S/C16H20FN5OS/c17-13-3-1-5-18-14(13)21-7-8-23-11-16(9-21)4-2-6-22(10-16)15-20-19-12-24-15/h1,3,5,12H,2,4,6-11H2/t16-/m1/s1. The minimum Gasteiger partial charge on any atom is -0.379 e. The third-order valence-electron chi connectivity index (χ3n) is 4.76. The highest BCUT2D eigenvalue weighted by atomic mass is 32.1. The molecule has 4 heterocycles. The average molecular weight is 349 g/mol. The molecule has 0 bridgehead atoms. The Labute approximate surface area is 144 Å². The zero-order valence-corrected chi connectivity index (χ0v) is 14.2. The first-order valence-electron chi connectivity index (χ1n) is 8.20. The molecule has 0 aromatic carbocycles. The molecule has 1 atom stereocenters. The van der Waals surface area contributed by atoms with Gasteiger partial charge in [-0.15, -0.1) is 10.2 Å². The number of rotatable bonds is 2. The van der Waals surface area contributed by atoms with Crippen LogP contribution in [0, 0.1) is 11.2 Å². The van der Waals surface area contributed by atoms with Gasteiger partial charge in [-0.1, -0.05) is 11.3 Å². The van der Waals surface area contributed by atoms with Gasteiger partial charge in [-0.25, -0.2) is 9.37 Å². The molecule has 0 N–H and O–H groups in total. The Hall–Kier alpha value is -1.80. The van der Waals surface area contributed by atoms with Crippen molar-refractivity contribution in [2.24, 2.45) is 5.41 Å². The van der Waals surface area contributed by atoms with E-state index >= 15 is 0 Å². The van der Waals surface area contributed by atoms with E-state index in [9.17, 15) is 4.39 Å². The lowest BCUT2D eigenvalue weighted by atomic mass is 9.80. The Bertz CT molecular complexity index is 685. The van der Waals surface area contributed by atoms with E-state index in [-0.39, 0.29) is 11.2 Å². The van der Waals surface area contributed by atoms with Crippen LogP contribution in [0.4, 0.5) is 15.3 Å². The van der Waals surface area contributed by atoms with Gasteiger partial charge < -0.3 is 14.5 Å². The monoisotopic (exact) mass is 349 g/mol. The molecule has 8 heteroatoms. The van der Waals surface area contributed by atoms with E-state index in [4.69, 9.17) is 4.74 Å². The van der Waals surface area contributed by atoms with Crippen LogP contribution in [0.2, 0.25) is 0 Å². The summed E-state index contributed by atoms with van der Waals surface area (Å²) in [4.78, 5) is 8.57. The lowest BCUT2D eigenvalue weighted by Gasteiger charge is -2.43. The van der Waals surface area contributed by atoms with Gasteiger partial charge in [0.15, 0.2) is 11.6 Å². The first kappa shape index (κ1) is 15.7. The van der Waals surface area contributed by atoms with Crippen molar-refractivity contribution < 1.29 is 9.13 Å². The number of hydrogen-bond acceptors (Lipinski definition) is 7. The Morgan fingerprint density at radius 2 is 2.17 bits per heavy atom. The fraction of sp³-hybridized carbons (Fsp3) is 0.562. The molecule has 2 aliphatic rings. The highest BCUT2D eigenvalue weighted by Gasteiger charge is 2.40. The molecule has 2 aromatic heterocycles. The van der Waals surface area contributed by atoms with Crippen molar-refractivity contribution in [1.29, 1.82) is 0 Å². The van der Waals surface area contributed by atoms with E-state index in [0.717, 1.165) is 37.6 Å². The smallest absolute Gasteiger partial charge is 0.208 e. The molecule has 0 unspecified atom stereocenters. The average Bonchev–Trinajstić information content (AvgIpc) is 3.06. The number of hydrogen-bond donors (Lipinski definition) is 0. The van der Waals surface area contributed by atoms with Crippen molar-refractivity contribution in [1.82, 2.24) is 15.2 Å². The van der Waals surface area contributed by atoms with Crippen LogP contribution in [0.15, 0.2) is 23.8 Å². The molecule has 128 valence electrons. The lowest BCUT2D eigenvalue weighted by molar-refractivity contribution is 0.0598. The zero-order valence-electron chi connectivity index (χ0n) is 13.4. The van der Waals surface area contributed by atoms with E-state index in [1.54, 1.807) is 29.1 Å². The van der Waals surface area contributed by atoms with Crippen LogP contribution < -0.4 is 9.80 Å². The normalized spacial score (nSPS) is 25.0. The first-order valence-corrected chi connectivity index (χ1v) is 9.08. The van der Waals surface area contributed by atoms with Gasteiger partial charge in [0.1, 0.15) is 5.51 Å². The van der Waals surface area contributed by atoms with Gasteiger partial charge in [0, 0.05) is 37.8 Å². The van der Waals surface area contributed by atoms with E-state index in [2.05, 4.69) is 20.1 Å². The summed E-state index contributed by atoms with van der Waals surface area (Å²) in [7, 11) is 0. The van der Waals surface area contributed by atoms with Gasteiger partial charge in [0.25, 0.3) is 0 Å². The summed E-state index contributed by atoms with van der Waals surface area (Å²) in [6.45, 7) is 4.52. The molecule has 2 aliphatic heterocycles. The molecule has 0 amide bonds. The maximum atomic E-state index is 14.2. The molecular formula is C16H20FN5OS. The summed E-state index contributed by atoms with van der Waals surface area (Å²) < 4.78 is 20.1. The Morgan fingerprint density at radius 3 is 3.00 bits per heavy atom. The minimum atomic E-state index is -0.272. The third kappa shape index (κ3) is 3.08. The van der Waals surface area contributed by atoms with Gasteiger partial charge in [0.05, 0.1) is 13.2 Å². The fourth-order valence-corrected chi connectivity index (χ4v) is 4.29. The molecule has 0 aliphatic carbocycles. The molecule has 2 fully saturated rings. The molecule has 0 saturated carbocycles. The predicted octanol–water partition coefficient (Wildman–Crippen LogP) is 2.20. The van der Waals surface area contributed by atoms with Crippen molar-refractivity contribution in [2.45, 2.75) is 12.8 Å². The van der Waals surface area contributed by atoms with Crippen molar-refractivity contribution in [3.8, 4) is 0 Å². The number of pyridine rings is 1.